The van der Waals surface area contributed by atoms with Crippen LogP contribution in [-0.4, -0.2) is 0 Å². The molecule has 0 heterocycles. The third-order valence-corrected chi connectivity index (χ3v) is 4.21. The molecule has 0 aromatic carbocycles. The van der Waals surface area contributed by atoms with Gasteiger partial charge in [-0.15, -0.1) is 0 Å². The maximum atomic E-state index is 2.62. The smallest absolute Gasteiger partial charge is 0.0174 e. The Bertz CT molecular complexity index is 228. The molecule has 0 aromatic heterocycles. The van der Waals surface area contributed by atoms with E-state index in [0.29, 0.717) is 5.41 Å². The van der Waals surface area contributed by atoms with E-state index in [1.54, 1.807) is 5.57 Å². The van der Waals surface area contributed by atoms with Crippen LogP contribution in [0.1, 0.15) is 73.1 Å². The van der Waals surface area contributed by atoms with E-state index in [0.717, 1.165) is 11.8 Å². The van der Waals surface area contributed by atoms with Crippen LogP contribution in [0.4, 0.5) is 0 Å². The molecule has 0 spiro atoms. The van der Waals surface area contributed by atoms with E-state index in [4.69, 9.17) is 0 Å². The van der Waals surface area contributed by atoms with E-state index in [1.165, 1.54) is 38.5 Å². The number of rotatable bonds is 7. The fourth-order valence-corrected chi connectivity index (χ4v) is 2.81. The summed E-state index contributed by atoms with van der Waals surface area (Å²) in [5.74, 6) is 1.75. The minimum absolute atomic E-state index is 0.601. The van der Waals surface area contributed by atoms with Gasteiger partial charge in [0.25, 0.3) is 0 Å². The molecule has 1 aliphatic rings. The van der Waals surface area contributed by atoms with Gasteiger partial charge in [0.15, 0.2) is 0 Å². The summed E-state index contributed by atoms with van der Waals surface area (Å²) in [5.41, 5.74) is 2.35. The van der Waals surface area contributed by atoms with Crippen LogP contribution in [0.15, 0.2) is 11.6 Å². The fourth-order valence-electron chi connectivity index (χ4n) is 2.81. The lowest BCUT2D eigenvalue weighted by atomic mass is 9.87. The summed E-state index contributed by atoms with van der Waals surface area (Å²) in [6.07, 6.45) is 10.7. The van der Waals surface area contributed by atoms with Crippen molar-refractivity contribution >= 4 is 0 Å². The molecule has 1 saturated carbocycles. The largest absolute Gasteiger partial charge is 0.0814 e. The SMILES string of the molecule is CCCC(CCC)C(=CC1CC1(C)C)CC. The molecule has 0 radical (unpaired) electrons. The van der Waals surface area contributed by atoms with Crippen molar-refractivity contribution in [1.82, 2.24) is 0 Å². The quantitative estimate of drug-likeness (QED) is 0.493. The minimum Gasteiger partial charge on any atom is -0.0814 e. The Morgan fingerprint density at radius 2 is 1.69 bits per heavy atom. The molecule has 0 amide bonds. The number of allylic oxidation sites excluding steroid dienone is 2. The first-order valence-corrected chi connectivity index (χ1v) is 7.25. The Hall–Kier alpha value is -0.260. The average Bonchev–Trinajstić information content (AvgIpc) is 2.82. The molecule has 16 heavy (non-hydrogen) atoms. The van der Waals surface area contributed by atoms with Gasteiger partial charge in [0.2, 0.25) is 0 Å². The van der Waals surface area contributed by atoms with Crippen molar-refractivity contribution in [2.24, 2.45) is 17.3 Å². The first-order chi connectivity index (χ1) is 7.55. The van der Waals surface area contributed by atoms with E-state index in [9.17, 15) is 0 Å². The van der Waals surface area contributed by atoms with Gasteiger partial charge in [-0.25, -0.2) is 0 Å². The molecular weight excluding hydrogens is 192 g/mol. The van der Waals surface area contributed by atoms with E-state index in [2.05, 4.69) is 40.7 Å². The summed E-state index contributed by atoms with van der Waals surface area (Å²) in [5, 5.41) is 0. The lowest BCUT2D eigenvalue weighted by molar-refractivity contribution is 0.488. The molecule has 1 rings (SSSR count). The highest BCUT2D eigenvalue weighted by atomic mass is 14.5. The molecule has 1 aliphatic carbocycles. The van der Waals surface area contributed by atoms with Crippen LogP contribution in [0.5, 0.6) is 0 Å². The van der Waals surface area contributed by atoms with Crippen molar-refractivity contribution in [3.63, 3.8) is 0 Å². The molecule has 0 bridgehead atoms. The topological polar surface area (TPSA) is 0 Å². The standard InChI is InChI=1S/C16H30/c1-6-9-14(10-7-2)13(8-3)11-15-12-16(15,4)5/h11,14-15H,6-10,12H2,1-5H3. The van der Waals surface area contributed by atoms with E-state index >= 15 is 0 Å². The molecule has 0 aromatic rings. The van der Waals surface area contributed by atoms with Crippen molar-refractivity contribution < 1.29 is 0 Å². The van der Waals surface area contributed by atoms with Gasteiger partial charge in [-0.3, -0.25) is 0 Å². The third kappa shape index (κ3) is 3.64. The highest BCUT2D eigenvalue weighted by molar-refractivity contribution is 5.16. The monoisotopic (exact) mass is 222 g/mol. The molecule has 0 aliphatic heterocycles. The van der Waals surface area contributed by atoms with Gasteiger partial charge in [-0.2, -0.15) is 0 Å². The van der Waals surface area contributed by atoms with Crippen LogP contribution >= 0.6 is 0 Å². The van der Waals surface area contributed by atoms with Gasteiger partial charge in [0, 0.05) is 0 Å². The lowest BCUT2D eigenvalue weighted by Gasteiger charge is -2.19. The molecular formula is C16H30. The zero-order chi connectivity index (χ0) is 12.2. The number of hydrogen-bond acceptors (Lipinski definition) is 0. The summed E-state index contributed by atoms with van der Waals surface area (Å²) in [6.45, 7) is 11.8. The van der Waals surface area contributed by atoms with Crippen LogP contribution in [-0.2, 0) is 0 Å². The van der Waals surface area contributed by atoms with Gasteiger partial charge in [-0.05, 0) is 42.9 Å². The highest BCUT2D eigenvalue weighted by Gasteiger charge is 2.44. The normalized spacial score (nSPS) is 23.9. The lowest BCUT2D eigenvalue weighted by Crippen LogP contribution is -2.04. The zero-order valence-electron chi connectivity index (χ0n) is 12.0. The Morgan fingerprint density at radius 3 is 2.00 bits per heavy atom. The van der Waals surface area contributed by atoms with E-state index < -0.39 is 0 Å². The van der Waals surface area contributed by atoms with E-state index in [1.807, 2.05) is 0 Å². The molecule has 0 saturated heterocycles. The number of hydrogen-bond donors (Lipinski definition) is 0. The van der Waals surface area contributed by atoms with Crippen molar-refractivity contribution in [2.45, 2.75) is 73.1 Å². The van der Waals surface area contributed by atoms with Crippen LogP contribution in [0.3, 0.4) is 0 Å². The summed E-state index contributed by atoms with van der Waals surface area (Å²) >= 11 is 0. The van der Waals surface area contributed by atoms with Gasteiger partial charge in [0.1, 0.15) is 0 Å². The summed E-state index contributed by atoms with van der Waals surface area (Å²) in [7, 11) is 0. The second-order valence-corrected chi connectivity index (χ2v) is 6.17. The molecule has 0 heteroatoms. The Labute approximate surface area is 103 Å². The van der Waals surface area contributed by atoms with Crippen molar-refractivity contribution in [3.05, 3.63) is 11.6 Å². The van der Waals surface area contributed by atoms with Crippen molar-refractivity contribution in [2.75, 3.05) is 0 Å². The molecule has 94 valence electrons. The first kappa shape index (κ1) is 13.8. The van der Waals surface area contributed by atoms with Gasteiger partial charge in [0.05, 0.1) is 0 Å². The minimum atomic E-state index is 0.601. The van der Waals surface area contributed by atoms with Crippen LogP contribution in [0.2, 0.25) is 0 Å². The van der Waals surface area contributed by atoms with Crippen LogP contribution in [0, 0.1) is 17.3 Å². The summed E-state index contributed by atoms with van der Waals surface area (Å²) < 4.78 is 0. The van der Waals surface area contributed by atoms with Gasteiger partial charge in [-0.1, -0.05) is 59.1 Å². The molecule has 1 atom stereocenters. The van der Waals surface area contributed by atoms with Gasteiger partial charge < -0.3 is 0 Å². The third-order valence-electron chi connectivity index (χ3n) is 4.21. The molecule has 0 nitrogen and oxygen atoms in total. The van der Waals surface area contributed by atoms with Gasteiger partial charge >= 0.3 is 0 Å². The molecule has 1 fully saturated rings. The predicted molar refractivity (Wildman–Crippen MR) is 73.6 cm³/mol. The fraction of sp³-hybridized carbons (Fsp3) is 0.875. The van der Waals surface area contributed by atoms with Crippen molar-refractivity contribution in [3.8, 4) is 0 Å². The maximum Gasteiger partial charge on any atom is -0.0174 e. The molecule has 1 unspecified atom stereocenters. The van der Waals surface area contributed by atoms with Crippen LogP contribution in [0.25, 0.3) is 0 Å². The zero-order valence-corrected chi connectivity index (χ0v) is 12.0. The Balaban J connectivity index is 2.63. The Morgan fingerprint density at radius 1 is 1.19 bits per heavy atom. The summed E-state index contributed by atoms with van der Waals surface area (Å²) in [6, 6.07) is 0. The first-order valence-electron chi connectivity index (χ1n) is 7.25. The van der Waals surface area contributed by atoms with E-state index in [-0.39, 0.29) is 0 Å². The average molecular weight is 222 g/mol. The predicted octanol–water partition coefficient (Wildman–Crippen LogP) is 5.59. The maximum absolute atomic E-state index is 2.62. The molecule has 0 N–H and O–H groups in total. The summed E-state index contributed by atoms with van der Waals surface area (Å²) in [4.78, 5) is 0. The van der Waals surface area contributed by atoms with Crippen molar-refractivity contribution in [1.29, 1.82) is 0 Å². The second kappa shape index (κ2) is 5.89. The Kier molecular flexibility index (Phi) is 5.08. The highest BCUT2D eigenvalue weighted by Crippen LogP contribution is 2.53. The second-order valence-electron chi connectivity index (χ2n) is 6.17. The van der Waals surface area contributed by atoms with Crippen LogP contribution < -0.4 is 0 Å².